The predicted molar refractivity (Wildman–Crippen MR) is 55.0 cm³/mol. The monoisotopic (exact) mass is 316 g/mol. The van der Waals surface area contributed by atoms with Crippen LogP contribution in [0.5, 0.6) is 0 Å². The smallest absolute Gasteiger partial charge is 0.303 e. The fourth-order valence-electron chi connectivity index (χ4n) is 1.10. The summed E-state index contributed by atoms with van der Waals surface area (Å²) in [6, 6.07) is 0. The van der Waals surface area contributed by atoms with Crippen LogP contribution in [0.25, 0.3) is 0 Å². The summed E-state index contributed by atoms with van der Waals surface area (Å²) in [4.78, 5) is 10.3. The molecule has 0 radical (unpaired) electrons. The molecule has 0 spiro atoms. The molecule has 0 aliphatic carbocycles. The summed E-state index contributed by atoms with van der Waals surface area (Å²) in [5.74, 6) is -5.10. The van der Waals surface area contributed by atoms with E-state index in [-0.39, 0.29) is 6.42 Å². The highest BCUT2D eigenvalue weighted by Gasteiger charge is 2.22. The first kappa shape index (κ1) is 13.3. The molecular formula is C9H5BrClF3O2. The van der Waals surface area contributed by atoms with Gasteiger partial charge in [-0.15, -0.1) is 0 Å². The number of benzene rings is 1. The van der Waals surface area contributed by atoms with E-state index < -0.39 is 44.9 Å². The van der Waals surface area contributed by atoms with Gasteiger partial charge >= 0.3 is 5.97 Å². The van der Waals surface area contributed by atoms with Crippen molar-refractivity contribution in [1.82, 2.24) is 0 Å². The van der Waals surface area contributed by atoms with E-state index in [4.69, 9.17) is 16.7 Å². The van der Waals surface area contributed by atoms with Crippen LogP contribution >= 0.6 is 27.5 Å². The molecule has 1 aromatic carbocycles. The summed E-state index contributed by atoms with van der Waals surface area (Å²) in [5.41, 5.74) is -0.470. The van der Waals surface area contributed by atoms with Gasteiger partial charge in [0.15, 0.2) is 17.5 Å². The largest absolute Gasteiger partial charge is 0.481 e. The van der Waals surface area contributed by atoms with Gasteiger partial charge in [-0.1, -0.05) is 11.6 Å². The molecule has 1 aromatic rings. The van der Waals surface area contributed by atoms with Gasteiger partial charge < -0.3 is 5.11 Å². The number of halogens is 5. The van der Waals surface area contributed by atoms with E-state index in [1.165, 1.54) is 0 Å². The molecule has 0 fully saturated rings. The van der Waals surface area contributed by atoms with Crippen LogP contribution < -0.4 is 0 Å². The van der Waals surface area contributed by atoms with Gasteiger partial charge in [-0.05, 0) is 22.4 Å². The predicted octanol–water partition coefficient (Wildman–Crippen LogP) is 3.54. The van der Waals surface area contributed by atoms with E-state index in [0.29, 0.717) is 0 Å². The van der Waals surface area contributed by atoms with Crippen LogP contribution in [0.1, 0.15) is 12.0 Å². The third-order valence-corrected chi connectivity index (χ3v) is 2.98. The lowest BCUT2D eigenvalue weighted by Crippen LogP contribution is -2.04. The topological polar surface area (TPSA) is 37.3 Å². The minimum Gasteiger partial charge on any atom is -0.481 e. The first-order valence-electron chi connectivity index (χ1n) is 4.08. The SMILES string of the molecule is O=C(O)CCc1c(F)c(F)c(Br)c(F)c1Cl. The molecule has 0 unspecified atom stereocenters. The van der Waals surface area contributed by atoms with Crippen LogP contribution in [-0.2, 0) is 11.2 Å². The Morgan fingerprint density at radius 3 is 2.31 bits per heavy atom. The lowest BCUT2D eigenvalue weighted by atomic mass is 10.1. The molecule has 0 aromatic heterocycles. The Hall–Kier alpha value is -0.750. The number of carboxylic acids is 1. The van der Waals surface area contributed by atoms with Gasteiger partial charge in [-0.2, -0.15) is 0 Å². The zero-order valence-corrected chi connectivity index (χ0v) is 10.0. The van der Waals surface area contributed by atoms with Crippen molar-refractivity contribution in [3.8, 4) is 0 Å². The third kappa shape index (κ3) is 2.49. The van der Waals surface area contributed by atoms with E-state index in [9.17, 15) is 18.0 Å². The van der Waals surface area contributed by atoms with E-state index >= 15 is 0 Å². The molecule has 0 saturated heterocycles. The second-order valence-corrected chi connectivity index (χ2v) is 4.11. The van der Waals surface area contributed by atoms with E-state index in [1.807, 2.05) is 0 Å². The van der Waals surface area contributed by atoms with Gasteiger partial charge in [-0.3, -0.25) is 4.79 Å². The summed E-state index contributed by atoms with van der Waals surface area (Å²) in [5, 5.41) is 7.78. The number of hydrogen-bond acceptors (Lipinski definition) is 1. The van der Waals surface area contributed by atoms with E-state index in [1.54, 1.807) is 0 Å². The Morgan fingerprint density at radius 1 is 1.25 bits per heavy atom. The van der Waals surface area contributed by atoms with Gasteiger partial charge in [0.1, 0.15) is 0 Å². The Labute approximate surface area is 102 Å². The maximum atomic E-state index is 13.3. The van der Waals surface area contributed by atoms with Crippen LogP contribution in [-0.4, -0.2) is 11.1 Å². The average molecular weight is 317 g/mol. The van der Waals surface area contributed by atoms with Crippen molar-refractivity contribution in [2.45, 2.75) is 12.8 Å². The van der Waals surface area contributed by atoms with E-state index in [2.05, 4.69) is 15.9 Å². The van der Waals surface area contributed by atoms with Crippen LogP contribution in [0.3, 0.4) is 0 Å². The molecule has 1 N–H and O–H groups in total. The molecule has 0 aliphatic heterocycles. The van der Waals surface area contributed by atoms with Crippen molar-refractivity contribution in [3.05, 3.63) is 32.5 Å². The molecular weight excluding hydrogens is 312 g/mol. The van der Waals surface area contributed by atoms with Gasteiger partial charge in [0.25, 0.3) is 0 Å². The fourth-order valence-corrected chi connectivity index (χ4v) is 1.86. The molecule has 0 aliphatic rings. The molecule has 0 amide bonds. The van der Waals surface area contributed by atoms with Crippen LogP contribution in [0, 0.1) is 17.5 Å². The highest BCUT2D eigenvalue weighted by Crippen LogP contribution is 2.32. The zero-order valence-electron chi connectivity index (χ0n) is 7.66. The first-order valence-corrected chi connectivity index (χ1v) is 5.25. The summed E-state index contributed by atoms with van der Waals surface area (Å²) in [6.45, 7) is 0. The molecule has 0 saturated carbocycles. The summed E-state index contributed by atoms with van der Waals surface area (Å²) in [6.07, 6.45) is -0.835. The van der Waals surface area contributed by atoms with Crippen LogP contribution in [0.15, 0.2) is 4.47 Å². The Balaban J connectivity index is 3.23. The minimum atomic E-state index is -1.41. The minimum absolute atomic E-state index is 0.374. The van der Waals surface area contributed by atoms with Gasteiger partial charge in [0, 0.05) is 12.0 Å². The average Bonchev–Trinajstić information content (AvgIpc) is 2.23. The first-order chi connectivity index (χ1) is 7.36. The number of carboxylic acid groups (broad SMARTS) is 1. The maximum Gasteiger partial charge on any atom is 0.303 e. The van der Waals surface area contributed by atoms with Crippen molar-refractivity contribution in [2.24, 2.45) is 0 Å². The standard InChI is InChI=1S/C9H5BrClF3O2/c10-5-8(13)6(11)3(1-2-4(15)16)7(12)9(5)14/h1-2H2,(H,15,16). The Kier molecular flexibility index (Phi) is 4.21. The zero-order chi connectivity index (χ0) is 12.5. The summed E-state index contributed by atoms with van der Waals surface area (Å²) in [7, 11) is 0. The number of rotatable bonds is 3. The summed E-state index contributed by atoms with van der Waals surface area (Å²) >= 11 is 7.96. The third-order valence-electron chi connectivity index (χ3n) is 1.89. The van der Waals surface area contributed by atoms with Gasteiger partial charge in [-0.25, -0.2) is 13.2 Å². The van der Waals surface area contributed by atoms with Crippen molar-refractivity contribution in [3.63, 3.8) is 0 Å². The molecule has 7 heteroatoms. The number of hydrogen-bond donors (Lipinski definition) is 1. The van der Waals surface area contributed by atoms with Crippen molar-refractivity contribution >= 4 is 33.5 Å². The highest BCUT2D eigenvalue weighted by molar-refractivity contribution is 9.10. The molecule has 16 heavy (non-hydrogen) atoms. The van der Waals surface area contributed by atoms with Crippen molar-refractivity contribution in [2.75, 3.05) is 0 Å². The normalized spacial score (nSPS) is 10.6. The highest BCUT2D eigenvalue weighted by atomic mass is 79.9. The lowest BCUT2D eigenvalue weighted by molar-refractivity contribution is -0.136. The molecule has 2 nitrogen and oxygen atoms in total. The number of aliphatic carboxylic acids is 1. The molecule has 0 atom stereocenters. The molecule has 0 bridgehead atoms. The molecule has 1 rings (SSSR count). The fraction of sp³-hybridized carbons (Fsp3) is 0.222. The van der Waals surface area contributed by atoms with Crippen LogP contribution in [0.4, 0.5) is 13.2 Å². The maximum absolute atomic E-state index is 13.3. The lowest BCUT2D eigenvalue weighted by Gasteiger charge is -2.08. The van der Waals surface area contributed by atoms with Crippen LogP contribution in [0.2, 0.25) is 5.02 Å². The van der Waals surface area contributed by atoms with Gasteiger partial charge in [0.05, 0.1) is 9.50 Å². The van der Waals surface area contributed by atoms with Gasteiger partial charge in [0.2, 0.25) is 0 Å². The van der Waals surface area contributed by atoms with Crippen molar-refractivity contribution in [1.29, 1.82) is 0 Å². The Bertz CT molecular complexity index is 422. The second kappa shape index (κ2) is 5.05. The molecule has 88 valence electrons. The molecule has 0 heterocycles. The van der Waals surface area contributed by atoms with Crippen molar-refractivity contribution < 1.29 is 23.1 Å². The quantitative estimate of drug-likeness (QED) is 0.684. The second-order valence-electron chi connectivity index (χ2n) is 2.94. The summed E-state index contributed by atoms with van der Waals surface area (Å²) < 4.78 is 38.9. The Morgan fingerprint density at radius 2 is 1.81 bits per heavy atom. The number of carbonyl (C=O) groups is 1. The van der Waals surface area contributed by atoms with E-state index in [0.717, 1.165) is 0 Å².